The molecule has 5 heteroatoms. The van der Waals surface area contributed by atoms with Gasteiger partial charge in [0.1, 0.15) is 0 Å². The molecule has 2 rings (SSSR count). The van der Waals surface area contributed by atoms with Crippen LogP contribution in [0.1, 0.15) is 23.1 Å². The van der Waals surface area contributed by atoms with Crippen molar-refractivity contribution < 1.29 is 18.3 Å². The van der Waals surface area contributed by atoms with Crippen LogP contribution < -0.4 is 0 Å². The maximum Gasteiger partial charge on any atom is 0.416 e. The van der Waals surface area contributed by atoms with Crippen LogP contribution in [0.2, 0.25) is 0 Å². The number of pyridine rings is 1. The first-order chi connectivity index (χ1) is 9.95. The van der Waals surface area contributed by atoms with Gasteiger partial charge in [0.2, 0.25) is 0 Å². The quantitative estimate of drug-likeness (QED) is 0.913. The average molecular weight is 295 g/mol. The van der Waals surface area contributed by atoms with Crippen LogP contribution >= 0.6 is 0 Å². The minimum atomic E-state index is -4.32. The number of hydrogen-bond acceptors (Lipinski definition) is 2. The van der Waals surface area contributed by atoms with E-state index in [-0.39, 0.29) is 0 Å². The molecule has 1 unspecified atom stereocenters. The smallest absolute Gasteiger partial charge is 0.393 e. The highest BCUT2D eigenvalue weighted by atomic mass is 19.4. The van der Waals surface area contributed by atoms with Crippen LogP contribution in [0.5, 0.6) is 0 Å². The molecule has 1 heterocycles. The zero-order valence-corrected chi connectivity index (χ0v) is 11.3. The summed E-state index contributed by atoms with van der Waals surface area (Å²) < 4.78 is 37.3. The molecular weight excluding hydrogens is 279 g/mol. The zero-order valence-electron chi connectivity index (χ0n) is 11.3. The lowest BCUT2D eigenvalue weighted by molar-refractivity contribution is -0.137. The fourth-order valence-electron chi connectivity index (χ4n) is 2.08. The van der Waals surface area contributed by atoms with E-state index in [0.717, 1.165) is 17.7 Å². The average Bonchev–Trinajstić information content (AvgIpc) is 2.46. The van der Waals surface area contributed by atoms with Crippen LogP contribution in [-0.2, 0) is 19.0 Å². The standard InChI is InChI=1S/C16H16F3NO/c17-16(18,19)14-6-3-12(4-7-14)10-15(21)8-5-13-2-1-9-20-11-13/h1-4,6-7,9,11,15,21H,5,8,10H2. The van der Waals surface area contributed by atoms with Crippen LogP contribution in [0, 0.1) is 0 Å². The summed E-state index contributed by atoms with van der Waals surface area (Å²) in [6.45, 7) is 0. The van der Waals surface area contributed by atoms with E-state index in [2.05, 4.69) is 4.98 Å². The molecule has 0 bridgehead atoms. The summed E-state index contributed by atoms with van der Waals surface area (Å²) in [5, 5.41) is 9.95. The van der Waals surface area contributed by atoms with Crippen LogP contribution in [0.25, 0.3) is 0 Å². The van der Waals surface area contributed by atoms with Crippen LogP contribution in [0.4, 0.5) is 13.2 Å². The Kier molecular flexibility index (Phi) is 4.96. The summed E-state index contributed by atoms with van der Waals surface area (Å²) in [6, 6.07) is 8.67. The molecule has 21 heavy (non-hydrogen) atoms. The third-order valence-electron chi connectivity index (χ3n) is 3.24. The van der Waals surface area contributed by atoms with E-state index >= 15 is 0 Å². The molecule has 0 saturated heterocycles. The molecular formula is C16H16F3NO. The molecule has 0 amide bonds. The van der Waals surface area contributed by atoms with E-state index in [9.17, 15) is 18.3 Å². The molecule has 1 atom stereocenters. The molecule has 0 radical (unpaired) electrons. The topological polar surface area (TPSA) is 33.1 Å². The third kappa shape index (κ3) is 4.86. The van der Waals surface area contributed by atoms with E-state index in [1.165, 1.54) is 12.1 Å². The van der Waals surface area contributed by atoms with E-state index in [0.29, 0.717) is 24.8 Å². The van der Waals surface area contributed by atoms with Crippen molar-refractivity contribution in [3.63, 3.8) is 0 Å². The Morgan fingerprint density at radius 1 is 1.05 bits per heavy atom. The second-order valence-electron chi connectivity index (χ2n) is 4.95. The van der Waals surface area contributed by atoms with Crippen molar-refractivity contribution in [1.82, 2.24) is 4.98 Å². The fraction of sp³-hybridized carbons (Fsp3) is 0.312. The number of nitrogens with zero attached hydrogens (tertiary/aromatic N) is 1. The molecule has 0 aliphatic rings. The predicted octanol–water partition coefficient (Wildman–Crippen LogP) is 3.64. The molecule has 1 aromatic carbocycles. The van der Waals surface area contributed by atoms with Crippen LogP contribution in [0.15, 0.2) is 48.8 Å². The zero-order chi connectivity index (χ0) is 15.3. The number of aliphatic hydroxyl groups excluding tert-OH is 1. The first kappa shape index (κ1) is 15.5. The SMILES string of the molecule is OC(CCc1cccnc1)Cc1ccc(C(F)(F)F)cc1. The lowest BCUT2D eigenvalue weighted by Gasteiger charge is -2.12. The monoisotopic (exact) mass is 295 g/mol. The summed E-state index contributed by atoms with van der Waals surface area (Å²) in [4.78, 5) is 3.99. The number of halogens is 3. The van der Waals surface area contributed by atoms with Crippen molar-refractivity contribution in [2.45, 2.75) is 31.5 Å². The number of aryl methyl sites for hydroxylation is 1. The van der Waals surface area contributed by atoms with Gasteiger partial charge >= 0.3 is 6.18 Å². The molecule has 0 aliphatic carbocycles. The Bertz CT molecular complexity index is 552. The fourth-order valence-corrected chi connectivity index (χ4v) is 2.08. The van der Waals surface area contributed by atoms with E-state index in [4.69, 9.17) is 0 Å². The number of benzene rings is 1. The highest BCUT2D eigenvalue weighted by Gasteiger charge is 2.29. The number of aromatic nitrogens is 1. The van der Waals surface area contributed by atoms with Gasteiger partial charge in [0, 0.05) is 12.4 Å². The van der Waals surface area contributed by atoms with Gasteiger partial charge in [-0.25, -0.2) is 0 Å². The predicted molar refractivity (Wildman–Crippen MR) is 73.7 cm³/mol. The number of hydrogen-bond donors (Lipinski definition) is 1. The third-order valence-corrected chi connectivity index (χ3v) is 3.24. The van der Waals surface area contributed by atoms with Gasteiger partial charge in [-0.05, 0) is 48.6 Å². The normalized spacial score (nSPS) is 13.1. The molecule has 2 nitrogen and oxygen atoms in total. The van der Waals surface area contributed by atoms with Gasteiger partial charge in [-0.2, -0.15) is 13.2 Å². The summed E-state index contributed by atoms with van der Waals surface area (Å²) in [5.74, 6) is 0. The minimum Gasteiger partial charge on any atom is -0.393 e. The molecule has 0 spiro atoms. The minimum absolute atomic E-state index is 0.346. The Balaban J connectivity index is 1.86. The van der Waals surface area contributed by atoms with Crippen molar-refractivity contribution in [2.75, 3.05) is 0 Å². The second-order valence-corrected chi connectivity index (χ2v) is 4.95. The number of alkyl halides is 3. The van der Waals surface area contributed by atoms with Crippen LogP contribution in [0.3, 0.4) is 0 Å². The van der Waals surface area contributed by atoms with E-state index < -0.39 is 17.8 Å². The van der Waals surface area contributed by atoms with Crippen molar-refractivity contribution in [3.05, 3.63) is 65.5 Å². The highest BCUT2D eigenvalue weighted by Crippen LogP contribution is 2.29. The Morgan fingerprint density at radius 2 is 1.76 bits per heavy atom. The van der Waals surface area contributed by atoms with Crippen LogP contribution in [-0.4, -0.2) is 16.2 Å². The van der Waals surface area contributed by atoms with Crippen molar-refractivity contribution in [2.24, 2.45) is 0 Å². The summed E-state index contributed by atoms with van der Waals surface area (Å²) >= 11 is 0. The van der Waals surface area contributed by atoms with E-state index in [1.807, 2.05) is 12.1 Å². The molecule has 2 aromatic rings. The molecule has 0 aliphatic heterocycles. The van der Waals surface area contributed by atoms with Gasteiger partial charge in [-0.1, -0.05) is 18.2 Å². The van der Waals surface area contributed by atoms with Gasteiger partial charge in [0.25, 0.3) is 0 Å². The molecule has 0 saturated carbocycles. The van der Waals surface area contributed by atoms with Crippen molar-refractivity contribution >= 4 is 0 Å². The Morgan fingerprint density at radius 3 is 2.33 bits per heavy atom. The summed E-state index contributed by atoms with van der Waals surface area (Å²) in [7, 11) is 0. The Hall–Kier alpha value is -1.88. The second kappa shape index (κ2) is 6.72. The van der Waals surface area contributed by atoms with Gasteiger partial charge in [-0.15, -0.1) is 0 Å². The summed E-state index contributed by atoms with van der Waals surface area (Å²) in [5.41, 5.74) is 1.06. The number of rotatable bonds is 5. The first-order valence-corrected chi connectivity index (χ1v) is 6.68. The lowest BCUT2D eigenvalue weighted by Crippen LogP contribution is -2.12. The lowest BCUT2D eigenvalue weighted by atomic mass is 10.0. The van der Waals surface area contributed by atoms with Crippen molar-refractivity contribution in [1.29, 1.82) is 0 Å². The maximum atomic E-state index is 12.4. The van der Waals surface area contributed by atoms with Crippen molar-refractivity contribution in [3.8, 4) is 0 Å². The maximum absolute atomic E-state index is 12.4. The van der Waals surface area contributed by atoms with Gasteiger partial charge in [0.05, 0.1) is 11.7 Å². The van der Waals surface area contributed by atoms with Gasteiger partial charge < -0.3 is 5.11 Å². The highest BCUT2D eigenvalue weighted by molar-refractivity contribution is 5.25. The molecule has 1 N–H and O–H groups in total. The first-order valence-electron chi connectivity index (χ1n) is 6.68. The Labute approximate surface area is 121 Å². The van der Waals surface area contributed by atoms with Gasteiger partial charge in [-0.3, -0.25) is 4.98 Å². The molecule has 112 valence electrons. The molecule has 0 fully saturated rings. The number of aliphatic hydroxyl groups is 1. The van der Waals surface area contributed by atoms with E-state index in [1.54, 1.807) is 12.4 Å². The van der Waals surface area contributed by atoms with Gasteiger partial charge in [0.15, 0.2) is 0 Å². The summed E-state index contributed by atoms with van der Waals surface area (Å²) in [6.07, 6.45) is 0.104. The largest absolute Gasteiger partial charge is 0.416 e. The molecule has 1 aromatic heterocycles.